The van der Waals surface area contributed by atoms with E-state index in [9.17, 15) is 9.59 Å². The molecule has 0 aliphatic heterocycles. The maximum atomic E-state index is 12.1. The molecule has 0 aliphatic carbocycles. The molecule has 0 saturated heterocycles. The molecule has 0 bridgehead atoms. The zero-order chi connectivity index (χ0) is 19.9. The van der Waals surface area contributed by atoms with Crippen LogP contribution in [0.15, 0.2) is 42.5 Å². The zero-order valence-electron chi connectivity index (χ0n) is 16.2. The summed E-state index contributed by atoms with van der Waals surface area (Å²) in [6, 6.07) is 14.0. The summed E-state index contributed by atoms with van der Waals surface area (Å²) in [6.07, 6.45) is 2.98. The van der Waals surface area contributed by atoms with E-state index in [4.69, 9.17) is 0 Å². The summed E-state index contributed by atoms with van der Waals surface area (Å²) >= 11 is 1.71. The van der Waals surface area contributed by atoms with Gasteiger partial charge in [0, 0.05) is 12.1 Å². The van der Waals surface area contributed by atoms with Crippen molar-refractivity contribution in [2.75, 3.05) is 11.9 Å². The molecule has 0 spiro atoms. The third kappa shape index (κ3) is 5.39. The normalized spacial score (nSPS) is 10.8. The van der Waals surface area contributed by atoms with E-state index < -0.39 is 0 Å². The van der Waals surface area contributed by atoms with Crippen molar-refractivity contribution in [2.45, 2.75) is 39.5 Å². The lowest BCUT2D eigenvalue weighted by molar-refractivity contribution is -0.124. The quantitative estimate of drug-likeness (QED) is 0.556. The minimum atomic E-state index is -0.208. The van der Waals surface area contributed by atoms with Crippen molar-refractivity contribution in [3.8, 4) is 0 Å². The summed E-state index contributed by atoms with van der Waals surface area (Å²) in [5.74, 6) is -0.304. The molecule has 6 heteroatoms. The summed E-state index contributed by atoms with van der Waals surface area (Å²) in [5, 5.41) is 6.68. The number of rotatable bonds is 8. The van der Waals surface area contributed by atoms with Crippen LogP contribution in [0.3, 0.4) is 0 Å². The molecule has 1 heterocycles. The van der Waals surface area contributed by atoms with Gasteiger partial charge in [0.25, 0.3) is 0 Å². The minimum Gasteiger partial charge on any atom is -0.347 e. The average Bonchev–Trinajstić information content (AvgIpc) is 3.09. The topological polar surface area (TPSA) is 71.1 Å². The Bertz CT molecular complexity index is 928. The van der Waals surface area contributed by atoms with E-state index in [1.165, 1.54) is 4.70 Å². The molecule has 146 valence electrons. The first kappa shape index (κ1) is 20.0. The number of aryl methyl sites for hydroxylation is 3. The van der Waals surface area contributed by atoms with Crippen LogP contribution in [-0.4, -0.2) is 23.3 Å². The lowest BCUT2D eigenvalue weighted by Gasteiger charge is -2.11. The third-order valence-electron chi connectivity index (χ3n) is 4.57. The Morgan fingerprint density at radius 3 is 2.46 bits per heavy atom. The van der Waals surface area contributed by atoms with Gasteiger partial charge in [0.15, 0.2) is 0 Å². The highest BCUT2D eigenvalue weighted by molar-refractivity contribution is 7.18. The van der Waals surface area contributed by atoms with Gasteiger partial charge in [-0.05, 0) is 56.4 Å². The predicted octanol–water partition coefficient (Wildman–Crippen LogP) is 4.38. The van der Waals surface area contributed by atoms with Crippen LogP contribution in [0.1, 0.15) is 35.4 Å². The minimum absolute atomic E-state index is 0.00945. The first-order valence-electron chi connectivity index (χ1n) is 9.50. The van der Waals surface area contributed by atoms with E-state index in [1.807, 2.05) is 50.2 Å². The summed E-state index contributed by atoms with van der Waals surface area (Å²) in [4.78, 5) is 28.7. The van der Waals surface area contributed by atoms with Crippen LogP contribution in [-0.2, 0) is 16.0 Å². The molecular weight excluding hydrogens is 370 g/mol. The summed E-state index contributed by atoms with van der Waals surface area (Å²) in [6.45, 7) is 3.89. The van der Waals surface area contributed by atoms with Crippen LogP contribution in [0.5, 0.6) is 0 Å². The van der Waals surface area contributed by atoms with Crippen molar-refractivity contribution in [3.63, 3.8) is 0 Å². The first-order valence-corrected chi connectivity index (χ1v) is 10.3. The standard InChI is InChI=1S/C22H25N3O2S/c1-15-8-7-9-16(2)22(15)25-20(27)14-23-19(26)12-5-6-13-21-24-17-10-3-4-11-18(17)28-21/h3-4,7-11H,5-6,12-14H2,1-2H3,(H,23,26)(H,25,27). The number of unbranched alkanes of at least 4 members (excludes halogenated alkanes) is 1. The van der Waals surface area contributed by atoms with Gasteiger partial charge in [-0.2, -0.15) is 0 Å². The maximum Gasteiger partial charge on any atom is 0.243 e. The summed E-state index contributed by atoms with van der Waals surface area (Å²) in [7, 11) is 0. The number of nitrogens with one attached hydrogen (secondary N) is 2. The van der Waals surface area contributed by atoms with Crippen LogP contribution in [0.25, 0.3) is 10.2 Å². The number of nitrogens with zero attached hydrogens (tertiary/aromatic N) is 1. The Balaban J connectivity index is 1.35. The lowest BCUT2D eigenvalue weighted by Crippen LogP contribution is -2.33. The molecule has 2 N–H and O–H groups in total. The molecule has 1 aromatic heterocycles. The van der Waals surface area contributed by atoms with Crippen molar-refractivity contribution in [1.29, 1.82) is 0 Å². The highest BCUT2D eigenvalue weighted by Crippen LogP contribution is 2.23. The Morgan fingerprint density at radius 2 is 1.71 bits per heavy atom. The molecule has 0 radical (unpaired) electrons. The van der Waals surface area contributed by atoms with E-state index >= 15 is 0 Å². The van der Waals surface area contributed by atoms with Crippen LogP contribution in [0, 0.1) is 13.8 Å². The SMILES string of the molecule is Cc1cccc(C)c1NC(=O)CNC(=O)CCCCc1nc2ccccc2s1. The number of benzene rings is 2. The third-order valence-corrected chi connectivity index (χ3v) is 5.67. The maximum absolute atomic E-state index is 12.1. The Kier molecular flexibility index (Phi) is 6.76. The van der Waals surface area contributed by atoms with Crippen LogP contribution in [0.4, 0.5) is 5.69 Å². The van der Waals surface area contributed by atoms with Gasteiger partial charge in [-0.1, -0.05) is 30.3 Å². The van der Waals surface area contributed by atoms with Gasteiger partial charge in [0.05, 0.1) is 21.8 Å². The fourth-order valence-corrected chi connectivity index (χ4v) is 4.06. The first-order chi connectivity index (χ1) is 13.5. The number of para-hydroxylation sites is 2. The highest BCUT2D eigenvalue weighted by atomic mass is 32.1. The molecule has 0 unspecified atom stereocenters. The summed E-state index contributed by atoms with van der Waals surface area (Å²) in [5.41, 5.74) is 3.87. The fraction of sp³-hybridized carbons (Fsp3) is 0.318. The number of carbonyl (C=O) groups is 2. The van der Waals surface area contributed by atoms with Gasteiger partial charge in [-0.25, -0.2) is 4.98 Å². The molecule has 5 nitrogen and oxygen atoms in total. The average molecular weight is 396 g/mol. The van der Waals surface area contributed by atoms with Gasteiger partial charge in [-0.15, -0.1) is 11.3 Å². The zero-order valence-corrected chi connectivity index (χ0v) is 17.1. The number of aromatic nitrogens is 1. The molecule has 3 aromatic rings. The number of thiazole rings is 1. The molecule has 28 heavy (non-hydrogen) atoms. The second-order valence-electron chi connectivity index (χ2n) is 6.87. The van der Waals surface area contributed by atoms with Crippen molar-refractivity contribution in [1.82, 2.24) is 10.3 Å². The van der Waals surface area contributed by atoms with Crippen LogP contribution < -0.4 is 10.6 Å². The number of anilines is 1. The Labute approximate surface area is 169 Å². The molecular formula is C22H25N3O2S. The fourth-order valence-electron chi connectivity index (χ4n) is 3.05. The highest BCUT2D eigenvalue weighted by Gasteiger charge is 2.09. The van der Waals surface area contributed by atoms with Crippen molar-refractivity contribution < 1.29 is 9.59 Å². The molecule has 2 aromatic carbocycles. The smallest absolute Gasteiger partial charge is 0.243 e. The van der Waals surface area contributed by atoms with Crippen molar-refractivity contribution >= 4 is 39.1 Å². The van der Waals surface area contributed by atoms with Crippen molar-refractivity contribution in [3.05, 3.63) is 58.6 Å². The van der Waals surface area contributed by atoms with Gasteiger partial charge in [0.2, 0.25) is 11.8 Å². The van der Waals surface area contributed by atoms with E-state index in [1.54, 1.807) is 11.3 Å². The number of fused-ring (bicyclic) bond motifs is 1. The monoisotopic (exact) mass is 395 g/mol. The van der Waals surface area contributed by atoms with Gasteiger partial charge < -0.3 is 10.6 Å². The second kappa shape index (κ2) is 9.46. The molecule has 0 atom stereocenters. The lowest BCUT2D eigenvalue weighted by atomic mass is 10.1. The molecule has 0 aliphatic rings. The van der Waals surface area contributed by atoms with Crippen LogP contribution in [0.2, 0.25) is 0 Å². The predicted molar refractivity (Wildman–Crippen MR) is 115 cm³/mol. The number of amides is 2. The van der Waals surface area contributed by atoms with Gasteiger partial charge >= 0.3 is 0 Å². The number of carbonyl (C=O) groups excluding carboxylic acids is 2. The van der Waals surface area contributed by atoms with E-state index in [0.717, 1.165) is 46.6 Å². The largest absolute Gasteiger partial charge is 0.347 e. The second-order valence-corrected chi connectivity index (χ2v) is 7.99. The molecule has 2 amide bonds. The molecule has 3 rings (SSSR count). The van der Waals surface area contributed by atoms with Gasteiger partial charge in [0.1, 0.15) is 0 Å². The molecule has 0 saturated carbocycles. The Morgan fingerprint density at radius 1 is 0.964 bits per heavy atom. The number of hydrogen-bond donors (Lipinski definition) is 2. The van der Waals surface area contributed by atoms with Crippen LogP contribution >= 0.6 is 11.3 Å². The Hall–Kier alpha value is -2.73. The number of hydrogen-bond acceptors (Lipinski definition) is 4. The molecule has 0 fully saturated rings. The summed E-state index contributed by atoms with van der Waals surface area (Å²) < 4.78 is 1.20. The van der Waals surface area contributed by atoms with Gasteiger partial charge in [-0.3, -0.25) is 9.59 Å². The van der Waals surface area contributed by atoms with Crippen molar-refractivity contribution in [2.24, 2.45) is 0 Å². The van der Waals surface area contributed by atoms with E-state index in [0.29, 0.717) is 6.42 Å². The van der Waals surface area contributed by atoms with E-state index in [2.05, 4.69) is 21.7 Å². The van der Waals surface area contributed by atoms with E-state index in [-0.39, 0.29) is 18.4 Å².